The van der Waals surface area contributed by atoms with Gasteiger partial charge in [-0.2, -0.15) is 0 Å². The van der Waals surface area contributed by atoms with Crippen molar-refractivity contribution in [3.63, 3.8) is 0 Å². The molecule has 0 aliphatic carbocycles. The molecule has 3 heterocycles. The van der Waals surface area contributed by atoms with Crippen LogP contribution >= 0.6 is 11.8 Å². The zero-order chi connectivity index (χ0) is 23.3. The zero-order valence-electron chi connectivity index (χ0n) is 18.7. The molecular weight excluding hydrogens is 441 g/mol. The van der Waals surface area contributed by atoms with Gasteiger partial charge in [-0.25, -0.2) is 9.37 Å². The summed E-state index contributed by atoms with van der Waals surface area (Å²) in [6.07, 6.45) is 5.20. The van der Waals surface area contributed by atoms with Gasteiger partial charge >= 0.3 is 5.97 Å². The van der Waals surface area contributed by atoms with Crippen molar-refractivity contribution in [2.24, 2.45) is 5.41 Å². The highest BCUT2D eigenvalue weighted by molar-refractivity contribution is 7.99. The lowest BCUT2D eigenvalue weighted by molar-refractivity contribution is -0.148. The van der Waals surface area contributed by atoms with Crippen LogP contribution in [0.4, 0.5) is 4.39 Å². The van der Waals surface area contributed by atoms with E-state index < -0.39 is 11.4 Å². The second kappa shape index (κ2) is 10.5. The van der Waals surface area contributed by atoms with Crippen LogP contribution in [0.25, 0.3) is 10.9 Å². The smallest absolute Gasteiger partial charge is 0.310 e. The number of hydrogen-bond acceptors (Lipinski definition) is 6. The SMILES string of the molecule is COc1ccc2ncc(F)c(CCCC3(C(=O)O)CCN(CCSc4ccccn4)C3)c2c1. The normalized spacial score (nSPS) is 18.6. The Bertz CT molecular complexity index is 1110. The number of carboxylic acid groups (broad SMARTS) is 1. The molecule has 0 spiro atoms. The van der Waals surface area contributed by atoms with E-state index in [1.165, 1.54) is 6.20 Å². The van der Waals surface area contributed by atoms with Crippen molar-refractivity contribution in [1.82, 2.24) is 14.9 Å². The number of aromatic nitrogens is 2. The number of hydrogen-bond donors (Lipinski definition) is 1. The van der Waals surface area contributed by atoms with E-state index in [1.54, 1.807) is 37.2 Å². The minimum absolute atomic E-state index is 0.361. The molecule has 0 radical (unpaired) electrons. The van der Waals surface area contributed by atoms with Crippen molar-refractivity contribution >= 4 is 28.6 Å². The molecule has 4 rings (SSSR count). The third kappa shape index (κ3) is 5.45. The van der Waals surface area contributed by atoms with Crippen molar-refractivity contribution in [2.45, 2.75) is 30.7 Å². The van der Waals surface area contributed by atoms with Gasteiger partial charge in [-0.1, -0.05) is 6.07 Å². The van der Waals surface area contributed by atoms with Crippen LogP contribution in [0.3, 0.4) is 0 Å². The van der Waals surface area contributed by atoms with Crippen LogP contribution in [0.1, 0.15) is 24.8 Å². The number of fused-ring (bicyclic) bond motifs is 1. The van der Waals surface area contributed by atoms with E-state index in [4.69, 9.17) is 4.74 Å². The number of pyridine rings is 2. The molecule has 1 aliphatic rings. The third-order valence-electron chi connectivity index (χ3n) is 6.40. The summed E-state index contributed by atoms with van der Waals surface area (Å²) < 4.78 is 19.9. The van der Waals surface area contributed by atoms with Gasteiger partial charge in [-0.3, -0.25) is 9.78 Å². The second-order valence-electron chi connectivity index (χ2n) is 8.45. The Labute approximate surface area is 197 Å². The minimum Gasteiger partial charge on any atom is -0.497 e. The summed E-state index contributed by atoms with van der Waals surface area (Å²) in [5.74, 6) is 0.389. The molecule has 0 amide bonds. The first-order chi connectivity index (χ1) is 16.0. The van der Waals surface area contributed by atoms with Gasteiger partial charge in [0.05, 0.1) is 29.3 Å². The number of rotatable bonds is 10. The molecule has 0 saturated carbocycles. The molecule has 1 aliphatic heterocycles. The van der Waals surface area contributed by atoms with Crippen LogP contribution in [0, 0.1) is 11.2 Å². The Kier molecular flexibility index (Phi) is 7.45. The summed E-state index contributed by atoms with van der Waals surface area (Å²) in [5, 5.41) is 11.7. The molecule has 1 saturated heterocycles. The van der Waals surface area contributed by atoms with Crippen molar-refractivity contribution in [3.05, 3.63) is 60.2 Å². The first kappa shape index (κ1) is 23.4. The fourth-order valence-electron chi connectivity index (χ4n) is 4.53. The molecule has 0 bridgehead atoms. The fraction of sp³-hybridized carbons (Fsp3) is 0.400. The van der Waals surface area contributed by atoms with Crippen LogP contribution in [-0.2, 0) is 11.2 Å². The summed E-state index contributed by atoms with van der Waals surface area (Å²) in [7, 11) is 1.57. The molecule has 2 aromatic heterocycles. The van der Waals surface area contributed by atoms with Gasteiger partial charge < -0.3 is 14.7 Å². The third-order valence-corrected chi connectivity index (χ3v) is 7.32. The van der Waals surface area contributed by atoms with Gasteiger partial charge in [0.1, 0.15) is 11.6 Å². The molecule has 1 aromatic carbocycles. The number of aryl methyl sites for hydroxylation is 1. The number of halogens is 1. The quantitative estimate of drug-likeness (QED) is 0.433. The average molecular weight is 470 g/mol. The zero-order valence-corrected chi connectivity index (χ0v) is 19.5. The van der Waals surface area contributed by atoms with E-state index in [9.17, 15) is 14.3 Å². The molecule has 3 aromatic rings. The predicted octanol–water partition coefficient (Wildman–Crippen LogP) is 4.67. The van der Waals surface area contributed by atoms with E-state index in [0.717, 1.165) is 29.3 Å². The molecule has 174 valence electrons. The van der Waals surface area contributed by atoms with Gasteiger partial charge in [0.25, 0.3) is 0 Å². The van der Waals surface area contributed by atoms with Crippen LogP contribution in [0.2, 0.25) is 0 Å². The Morgan fingerprint density at radius 1 is 1.30 bits per heavy atom. The lowest BCUT2D eigenvalue weighted by atomic mass is 9.81. The number of ether oxygens (including phenoxy) is 1. The highest BCUT2D eigenvalue weighted by atomic mass is 32.2. The minimum atomic E-state index is -0.785. The first-order valence-electron chi connectivity index (χ1n) is 11.1. The van der Waals surface area contributed by atoms with E-state index >= 15 is 0 Å². The summed E-state index contributed by atoms with van der Waals surface area (Å²) >= 11 is 1.68. The number of thioether (sulfide) groups is 1. The molecule has 1 atom stereocenters. The fourth-order valence-corrected chi connectivity index (χ4v) is 5.40. The lowest BCUT2D eigenvalue weighted by Crippen LogP contribution is -2.35. The molecule has 8 heteroatoms. The monoisotopic (exact) mass is 469 g/mol. The average Bonchev–Trinajstić information content (AvgIpc) is 3.25. The summed E-state index contributed by atoms with van der Waals surface area (Å²) in [6, 6.07) is 11.2. The molecule has 1 fully saturated rings. The van der Waals surface area contributed by atoms with Crippen LogP contribution in [0.15, 0.2) is 53.8 Å². The van der Waals surface area contributed by atoms with Crippen molar-refractivity contribution < 1.29 is 19.0 Å². The first-order valence-corrected chi connectivity index (χ1v) is 12.1. The number of methoxy groups -OCH3 is 1. The van der Waals surface area contributed by atoms with Gasteiger partial charge in [-0.05, 0) is 68.1 Å². The number of aliphatic carboxylic acids is 1. The van der Waals surface area contributed by atoms with Gasteiger partial charge in [0.15, 0.2) is 0 Å². The Morgan fingerprint density at radius 3 is 2.94 bits per heavy atom. The number of carbonyl (C=O) groups is 1. The van der Waals surface area contributed by atoms with E-state index in [0.29, 0.717) is 49.1 Å². The highest BCUT2D eigenvalue weighted by Crippen LogP contribution is 2.37. The van der Waals surface area contributed by atoms with Crippen molar-refractivity contribution in [3.8, 4) is 5.75 Å². The van der Waals surface area contributed by atoms with Gasteiger partial charge in [0, 0.05) is 30.4 Å². The van der Waals surface area contributed by atoms with Crippen LogP contribution in [-0.4, -0.2) is 58.4 Å². The Morgan fingerprint density at radius 2 is 2.18 bits per heavy atom. The van der Waals surface area contributed by atoms with E-state index in [-0.39, 0.29) is 5.82 Å². The predicted molar refractivity (Wildman–Crippen MR) is 127 cm³/mol. The topological polar surface area (TPSA) is 75.6 Å². The molecule has 33 heavy (non-hydrogen) atoms. The van der Waals surface area contributed by atoms with Crippen LogP contribution < -0.4 is 4.74 Å². The second-order valence-corrected chi connectivity index (χ2v) is 9.56. The largest absolute Gasteiger partial charge is 0.497 e. The van der Waals surface area contributed by atoms with Crippen molar-refractivity contribution in [2.75, 3.05) is 32.5 Å². The van der Waals surface area contributed by atoms with E-state index in [2.05, 4.69) is 14.9 Å². The summed E-state index contributed by atoms with van der Waals surface area (Å²) in [6.45, 7) is 2.11. The maximum atomic E-state index is 14.6. The maximum absolute atomic E-state index is 14.6. The lowest BCUT2D eigenvalue weighted by Gasteiger charge is -2.25. The maximum Gasteiger partial charge on any atom is 0.310 e. The number of benzene rings is 1. The highest BCUT2D eigenvalue weighted by Gasteiger charge is 2.44. The molecule has 1 N–H and O–H groups in total. The van der Waals surface area contributed by atoms with Gasteiger partial charge in [0.2, 0.25) is 0 Å². The molecule has 1 unspecified atom stereocenters. The summed E-state index contributed by atoms with van der Waals surface area (Å²) in [5.41, 5.74) is 0.491. The Hall–Kier alpha value is -2.71. The Balaban J connectivity index is 1.37. The van der Waals surface area contributed by atoms with Crippen molar-refractivity contribution in [1.29, 1.82) is 0 Å². The number of carboxylic acids is 1. The van der Waals surface area contributed by atoms with Gasteiger partial charge in [-0.15, -0.1) is 11.8 Å². The molecular formula is C25H28FN3O3S. The number of nitrogens with zero attached hydrogens (tertiary/aromatic N) is 3. The van der Waals surface area contributed by atoms with Crippen LogP contribution in [0.5, 0.6) is 5.75 Å². The number of likely N-dealkylation sites (tertiary alicyclic amines) is 1. The standard InChI is InChI=1S/C25H28FN3O3S/c1-32-18-7-8-22-20(15-18)19(21(26)16-28-22)5-4-9-25(24(30)31)10-12-29(17-25)13-14-33-23-6-2-3-11-27-23/h2-3,6-8,11,15-16H,4-5,9-10,12-14,17H2,1H3,(H,30,31). The molecule has 6 nitrogen and oxygen atoms in total. The summed E-state index contributed by atoms with van der Waals surface area (Å²) in [4.78, 5) is 22.9. The van der Waals surface area contributed by atoms with E-state index in [1.807, 2.05) is 24.3 Å².